The monoisotopic (exact) mass is 363 g/mol. The van der Waals surface area contributed by atoms with Crippen molar-refractivity contribution in [2.24, 2.45) is 0 Å². The van der Waals surface area contributed by atoms with Gasteiger partial charge in [-0.25, -0.2) is 4.68 Å². The predicted octanol–water partition coefficient (Wildman–Crippen LogP) is 5.47. The molecule has 0 aliphatic carbocycles. The first-order chi connectivity index (χ1) is 11.1. The van der Waals surface area contributed by atoms with Crippen LogP contribution in [0.5, 0.6) is 0 Å². The zero-order valence-corrected chi connectivity index (χ0v) is 14.3. The molecule has 0 atom stereocenters. The third kappa shape index (κ3) is 2.59. The molecule has 1 N–H and O–H groups in total. The van der Waals surface area contributed by atoms with Crippen LogP contribution in [0.25, 0.3) is 16.9 Å². The minimum Gasteiger partial charge on any atom is -0.369 e. The molecule has 3 aromatic rings. The highest BCUT2D eigenvalue weighted by molar-refractivity contribution is 6.36. The number of fused-ring (bicyclic) bond motifs is 1. The van der Waals surface area contributed by atoms with Crippen molar-refractivity contribution in [1.29, 1.82) is 0 Å². The van der Waals surface area contributed by atoms with E-state index in [0.717, 1.165) is 41.3 Å². The minimum atomic E-state index is 0.600. The molecule has 3 nitrogen and oxygen atoms in total. The Morgan fingerprint density at radius 3 is 2.61 bits per heavy atom. The van der Waals surface area contributed by atoms with Gasteiger partial charge in [-0.05, 0) is 42.8 Å². The van der Waals surface area contributed by atoms with Crippen molar-refractivity contribution in [2.75, 3.05) is 11.9 Å². The van der Waals surface area contributed by atoms with E-state index in [1.165, 1.54) is 0 Å². The molecule has 0 unspecified atom stereocenters. The Balaban J connectivity index is 1.91. The lowest BCUT2D eigenvalue weighted by atomic mass is 10.1. The zero-order chi connectivity index (χ0) is 16.0. The SMILES string of the molecule is Clc1cccc(-n2nc(-c3ccc(Cl)cc3Cl)c3c2NCC3)c1. The quantitative estimate of drug-likeness (QED) is 0.653. The summed E-state index contributed by atoms with van der Waals surface area (Å²) in [6.45, 7) is 0.881. The van der Waals surface area contributed by atoms with E-state index >= 15 is 0 Å². The van der Waals surface area contributed by atoms with Gasteiger partial charge in [0.05, 0.1) is 16.4 Å². The van der Waals surface area contributed by atoms with Gasteiger partial charge >= 0.3 is 0 Å². The number of nitrogens with one attached hydrogen (secondary N) is 1. The lowest BCUT2D eigenvalue weighted by molar-refractivity contribution is 0.882. The Morgan fingerprint density at radius 1 is 1.00 bits per heavy atom. The van der Waals surface area contributed by atoms with E-state index in [4.69, 9.17) is 39.9 Å². The maximum absolute atomic E-state index is 6.37. The van der Waals surface area contributed by atoms with E-state index in [-0.39, 0.29) is 0 Å². The van der Waals surface area contributed by atoms with E-state index in [0.29, 0.717) is 15.1 Å². The fourth-order valence-corrected chi connectivity index (χ4v) is 3.55. The van der Waals surface area contributed by atoms with Crippen molar-refractivity contribution in [2.45, 2.75) is 6.42 Å². The van der Waals surface area contributed by atoms with Crippen molar-refractivity contribution in [3.63, 3.8) is 0 Å². The third-order valence-corrected chi connectivity index (χ3v) is 4.67. The van der Waals surface area contributed by atoms with Crippen LogP contribution in [0.2, 0.25) is 15.1 Å². The number of halogens is 3. The Morgan fingerprint density at radius 2 is 1.83 bits per heavy atom. The van der Waals surface area contributed by atoms with Crippen LogP contribution in [0.1, 0.15) is 5.56 Å². The van der Waals surface area contributed by atoms with Gasteiger partial charge in [-0.1, -0.05) is 40.9 Å². The zero-order valence-electron chi connectivity index (χ0n) is 12.0. The van der Waals surface area contributed by atoms with E-state index in [2.05, 4.69) is 5.32 Å². The molecule has 0 bridgehead atoms. The normalized spacial score (nSPS) is 13.0. The van der Waals surface area contributed by atoms with Crippen molar-refractivity contribution in [3.05, 3.63) is 63.1 Å². The molecular weight excluding hydrogens is 353 g/mol. The van der Waals surface area contributed by atoms with Gasteiger partial charge in [0.2, 0.25) is 0 Å². The average Bonchev–Trinajstić information content (AvgIpc) is 3.10. The first kappa shape index (κ1) is 14.9. The number of hydrogen-bond acceptors (Lipinski definition) is 2. The van der Waals surface area contributed by atoms with Crippen molar-refractivity contribution < 1.29 is 0 Å². The smallest absolute Gasteiger partial charge is 0.133 e. The molecule has 0 radical (unpaired) electrons. The summed E-state index contributed by atoms with van der Waals surface area (Å²) in [6, 6.07) is 13.1. The van der Waals surface area contributed by atoms with Crippen molar-refractivity contribution >= 4 is 40.6 Å². The van der Waals surface area contributed by atoms with E-state index in [9.17, 15) is 0 Å². The third-order valence-electron chi connectivity index (χ3n) is 3.89. The molecule has 1 aliphatic rings. The van der Waals surface area contributed by atoms with E-state index < -0.39 is 0 Å². The number of hydrogen-bond donors (Lipinski definition) is 1. The maximum Gasteiger partial charge on any atom is 0.133 e. The van der Waals surface area contributed by atoms with Crippen molar-refractivity contribution in [1.82, 2.24) is 9.78 Å². The van der Waals surface area contributed by atoms with Gasteiger partial charge in [0.15, 0.2) is 0 Å². The predicted molar refractivity (Wildman–Crippen MR) is 96.2 cm³/mol. The largest absolute Gasteiger partial charge is 0.369 e. The molecule has 6 heteroatoms. The van der Waals surface area contributed by atoms with Gasteiger partial charge in [0.1, 0.15) is 5.82 Å². The summed E-state index contributed by atoms with van der Waals surface area (Å²) >= 11 is 18.5. The van der Waals surface area contributed by atoms with Gasteiger partial charge in [0, 0.05) is 27.7 Å². The number of nitrogens with zero attached hydrogens (tertiary/aromatic N) is 2. The number of benzene rings is 2. The molecular formula is C17H12Cl3N3. The van der Waals surface area contributed by atoms with Gasteiger partial charge in [-0.2, -0.15) is 5.10 Å². The molecule has 4 rings (SSSR count). The van der Waals surface area contributed by atoms with Crippen LogP contribution in [0.3, 0.4) is 0 Å². The maximum atomic E-state index is 6.37. The fourth-order valence-electron chi connectivity index (χ4n) is 2.87. The Hall–Kier alpha value is -1.68. The molecule has 23 heavy (non-hydrogen) atoms. The number of aromatic nitrogens is 2. The first-order valence-electron chi connectivity index (χ1n) is 7.20. The first-order valence-corrected chi connectivity index (χ1v) is 8.34. The summed E-state index contributed by atoms with van der Waals surface area (Å²) in [5.41, 5.74) is 3.84. The van der Waals surface area contributed by atoms with Crippen LogP contribution >= 0.6 is 34.8 Å². The summed E-state index contributed by atoms with van der Waals surface area (Å²) in [6.07, 6.45) is 0.907. The highest BCUT2D eigenvalue weighted by Gasteiger charge is 2.25. The molecule has 0 saturated carbocycles. The molecule has 0 fully saturated rings. The van der Waals surface area contributed by atoms with Gasteiger partial charge in [-0.3, -0.25) is 0 Å². The van der Waals surface area contributed by atoms with Crippen LogP contribution in [0.4, 0.5) is 5.82 Å². The van der Waals surface area contributed by atoms with Crippen LogP contribution in [0.15, 0.2) is 42.5 Å². The van der Waals surface area contributed by atoms with Crippen LogP contribution in [-0.2, 0) is 6.42 Å². The average molecular weight is 365 g/mol. The fraction of sp³-hybridized carbons (Fsp3) is 0.118. The standard InChI is InChI=1S/C17H12Cl3N3/c18-10-2-1-3-12(8-10)23-17-14(6-7-21-17)16(22-23)13-5-4-11(19)9-15(13)20/h1-5,8-9,21H,6-7H2. The van der Waals surface area contributed by atoms with E-state index in [1.54, 1.807) is 6.07 Å². The van der Waals surface area contributed by atoms with Crippen LogP contribution in [-0.4, -0.2) is 16.3 Å². The highest BCUT2D eigenvalue weighted by atomic mass is 35.5. The van der Waals surface area contributed by atoms with Gasteiger partial charge < -0.3 is 5.32 Å². The molecule has 1 aromatic heterocycles. The lowest BCUT2D eigenvalue weighted by Gasteiger charge is -2.07. The van der Waals surface area contributed by atoms with Crippen LogP contribution < -0.4 is 5.32 Å². The van der Waals surface area contributed by atoms with Crippen LogP contribution in [0, 0.1) is 0 Å². The summed E-state index contributed by atoms with van der Waals surface area (Å²) < 4.78 is 1.88. The molecule has 2 aromatic carbocycles. The molecule has 1 aliphatic heterocycles. The summed E-state index contributed by atoms with van der Waals surface area (Å²) in [7, 11) is 0. The highest BCUT2D eigenvalue weighted by Crippen LogP contribution is 2.38. The lowest BCUT2D eigenvalue weighted by Crippen LogP contribution is -2.04. The summed E-state index contributed by atoms with van der Waals surface area (Å²) in [5.74, 6) is 0.994. The summed E-state index contributed by atoms with van der Waals surface area (Å²) in [5, 5.41) is 10.1. The topological polar surface area (TPSA) is 29.9 Å². The second kappa shape index (κ2) is 5.75. The number of anilines is 1. The van der Waals surface area contributed by atoms with Crippen molar-refractivity contribution in [3.8, 4) is 16.9 Å². The molecule has 0 amide bonds. The Kier molecular flexibility index (Phi) is 3.72. The molecule has 0 saturated heterocycles. The second-order valence-electron chi connectivity index (χ2n) is 5.37. The Labute approximate surface area is 148 Å². The van der Waals surface area contributed by atoms with Gasteiger partial charge in [0.25, 0.3) is 0 Å². The van der Waals surface area contributed by atoms with E-state index in [1.807, 2.05) is 41.1 Å². The molecule has 0 spiro atoms. The molecule has 116 valence electrons. The molecule has 2 heterocycles. The Bertz CT molecular complexity index is 902. The summed E-state index contributed by atoms with van der Waals surface area (Å²) in [4.78, 5) is 0. The number of rotatable bonds is 2. The van der Waals surface area contributed by atoms with Gasteiger partial charge in [-0.15, -0.1) is 0 Å². The minimum absolute atomic E-state index is 0.600. The second-order valence-corrected chi connectivity index (χ2v) is 6.65.